The second kappa shape index (κ2) is 22.9. The zero-order valence-corrected chi connectivity index (χ0v) is 31.7. The Balaban J connectivity index is 2.72. The molecule has 0 aliphatic heterocycles. The maximum Gasteiger partial charge on any atom is 0.472 e. The number of carbonyl (C=O) groups is 1. The van der Waals surface area contributed by atoms with Gasteiger partial charge in [0.1, 0.15) is 42.7 Å². The SMILES string of the molecule is CCCCCCCCCCCCCCCC(=O)O[C@H](CC)COP(=O)(O)OC1C(O)[C@H](OP(=O)(O)O)C(OP(=O)(O)O)[C@H](OP(=O)(O)O)[C@@H]1O. The number of unbranched alkanes of at least 4 members (excludes halogenated alkanes) is 12. The molecule has 4 unspecified atom stereocenters. The van der Waals surface area contributed by atoms with Gasteiger partial charge in [0.15, 0.2) is 0 Å². The van der Waals surface area contributed by atoms with Crippen LogP contribution in [-0.4, -0.2) is 99.8 Å². The van der Waals surface area contributed by atoms with Gasteiger partial charge in [-0.2, -0.15) is 0 Å². The van der Waals surface area contributed by atoms with Crippen LogP contribution in [0.3, 0.4) is 0 Å². The summed E-state index contributed by atoms with van der Waals surface area (Å²) in [4.78, 5) is 78.2. The van der Waals surface area contributed by atoms with E-state index in [-0.39, 0.29) is 12.8 Å². The Labute approximate surface area is 291 Å². The van der Waals surface area contributed by atoms with Crippen molar-refractivity contribution in [2.75, 3.05) is 6.61 Å². The number of aliphatic hydroxyl groups excluding tert-OH is 2. The highest BCUT2D eigenvalue weighted by Gasteiger charge is 2.58. The Bertz CT molecular complexity index is 1130. The molecule has 0 radical (unpaired) electrons. The second-order valence-corrected chi connectivity index (χ2v) is 17.0. The van der Waals surface area contributed by atoms with E-state index in [4.69, 9.17) is 13.8 Å². The summed E-state index contributed by atoms with van der Waals surface area (Å²) in [6.07, 6.45) is -2.29. The fourth-order valence-electron chi connectivity index (χ4n) is 5.25. The Hall–Kier alpha value is -0.170. The molecule has 0 amide bonds. The molecule has 20 nitrogen and oxygen atoms in total. The number of hydrogen-bond donors (Lipinski definition) is 9. The summed E-state index contributed by atoms with van der Waals surface area (Å²) in [5.41, 5.74) is 0. The molecule has 1 aliphatic carbocycles. The van der Waals surface area contributed by atoms with Crippen LogP contribution in [0, 0.1) is 0 Å². The number of rotatable bonds is 27. The first-order valence-corrected chi connectivity index (χ1v) is 22.6. The molecule has 0 aromatic heterocycles. The van der Waals surface area contributed by atoms with Gasteiger partial charge in [0.05, 0.1) is 6.61 Å². The highest BCUT2D eigenvalue weighted by atomic mass is 31.2. The van der Waals surface area contributed by atoms with E-state index < -0.39 is 86.6 Å². The molecule has 50 heavy (non-hydrogen) atoms. The first kappa shape index (κ1) is 47.9. The zero-order chi connectivity index (χ0) is 38.2. The lowest BCUT2D eigenvalue weighted by molar-refractivity contribution is -0.209. The summed E-state index contributed by atoms with van der Waals surface area (Å²) in [5.74, 6) is -0.596. The van der Waals surface area contributed by atoms with Crippen LogP contribution >= 0.6 is 31.3 Å². The topological polar surface area (TPSA) is 323 Å². The smallest absolute Gasteiger partial charge is 0.460 e. The highest BCUT2D eigenvalue weighted by Crippen LogP contribution is 2.53. The highest BCUT2D eigenvalue weighted by molar-refractivity contribution is 7.47. The monoisotopic (exact) mass is 810 g/mol. The fraction of sp³-hybridized carbons (Fsp3) is 0.962. The van der Waals surface area contributed by atoms with Gasteiger partial charge in [-0.05, 0) is 12.8 Å². The average molecular weight is 811 g/mol. The molecule has 1 saturated carbocycles. The number of aliphatic hydroxyl groups is 2. The minimum Gasteiger partial charge on any atom is -0.460 e. The van der Waals surface area contributed by atoms with Gasteiger partial charge in [-0.15, -0.1) is 0 Å². The molecule has 0 heterocycles. The van der Waals surface area contributed by atoms with E-state index in [0.717, 1.165) is 25.7 Å². The maximum absolute atomic E-state index is 12.8. The van der Waals surface area contributed by atoms with Gasteiger partial charge >= 0.3 is 37.3 Å². The first-order chi connectivity index (χ1) is 23.1. The number of phosphoric acid groups is 4. The van der Waals surface area contributed by atoms with Crippen molar-refractivity contribution in [1.82, 2.24) is 0 Å². The van der Waals surface area contributed by atoms with Crippen LogP contribution in [0.4, 0.5) is 0 Å². The van der Waals surface area contributed by atoms with Crippen LogP contribution in [0.15, 0.2) is 0 Å². The standard InChI is InChI=1S/C26H54O20P4/c1-3-5-6-7-8-9-10-11-12-13-14-15-16-17-20(27)42-19(4-2)18-41-50(39,40)46-23-21(28)24(43-47(30,31)32)26(45-49(36,37)38)25(22(23)29)44-48(33,34)35/h19,21-26,28-29H,3-18H2,1-2H3,(H,39,40)(H2,30,31,32)(H2,33,34,35)(H2,36,37,38)/t19-,21-,22?,23?,24-,25+,26?/m1/s1. The first-order valence-electron chi connectivity index (χ1n) is 16.5. The van der Waals surface area contributed by atoms with Gasteiger partial charge in [0.2, 0.25) is 0 Å². The van der Waals surface area contributed by atoms with Crippen molar-refractivity contribution in [1.29, 1.82) is 0 Å². The van der Waals surface area contributed by atoms with E-state index in [1.165, 1.54) is 51.4 Å². The molecule has 1 aliphatic rings. The third-order valence-corrected chi connectivity index (χ3v) is 10.2. The molecule has 24 heteroatoms. The lowest BCUT2D eigenvalue weighted by Crippen LogP contribution is -2.65. The van der Waals surface area contributed by atoms with Crippen LogP contribution in [0.25, 0.3) is 0 Å². The summed E-state index contributed by atoms with van der Waals surface area (Å²) < 4.78 is 75.1. The van der Waals surface area contributed by atoms with Crippen LogP contribution < -0.4 is 0 Å². The van der Waals surface area contributed by atoms with Crippen molar-refractivity contribution in [3.63, 3.8) is 0 Å². The normalized spacial score (nSPS) is 25.3. The minimum atomic E-state index is -5.71. The van der Waals surface area contributed by atoms with Crippen molar-refractivity contribution in [2.45, 2.75) is 153 Å². The molecule has 1 rings (SSSR count). The lowest BCUT2D eigenvalue weighted by atomic mass is 9.85. The number of esters is 1. The van der Waals surface area contributed by atoms with Gasteiger partial charge in [-0.3, -0.25) is 27.4 Å². The van der Waals surface area contributed by atoms with E-state index in [1.54, 1.807) is 6.92 Å². The van der Waals surface area contributed by atoms with E-state index in [0.29, 0.717) is 6.42 Å². The number of ether oxygens (including phenoxy) is 1. The summed E-state index contributed by atoms with van der Waals surface area (Å²) in [5, 5.41) is 21.4. The van der Waals surface area contributed by atoms with Crippen molar-refractivity contribution in [3.05, 3.63) is 0 Å². The predicted molar refractivity (Wildman–Crippen MR) is 174 cm³/mol. The van der Waals surface area contributed by atoms with E-state index >= 15 is 0 Å². The second-order valence-electron chi connectivity index (χ2n) is 12.0. The van der Waals surface area contributed by atoms with E-state index in [9.17, 15) is 67.5 Å². The third kappa shape index (κ3) is 20.9. The Morgan fingerprint density at radius 3 is 1.32 bits per heavy atom. The number of hydrogen-bond acceptors (Lipinski definition) is 13. The van der Waals surface area contributed by atoms with Crippen LogP contribution in [-0.2, 0) is 50.4 Å². The molecule has 0 saturated heterocycles. The van der Waals surface area contributed by atoms with Gasteiger partial charge in [0, 0.05) is 6.42 Å². The van der Waals surface area contributed by atoms with Crippen LogP contribution in [0.1, 0.15) is 110 Å². The van der Waals surface area contributed by atoms with Crippen molar-refractivity contribution in [2.24, 2.45) is 0 Å². The quantitative estimate of drug-likeness (QED) is 0.0326. The van der Waals surface area contributed by atoms with E-state index in [1.807, 2.05) is 0 Å². The van der Waals surface area contributed by atoms with Gasteiger partial charge < -0.3 is 49.2 Å². The molecule has 0 aromatic carbocycles. The zero-order valence-electron chi connectivity index (χ0n) is 28.2. The summed E-state index contributed by atoms with van der Waals surface area (Å²) in [6.45, 7) is 3.02. The summed E-state index contributed by atoms with van der Waals surface area (Å²) in [7, 11) is -22.5. The Morgan fingerprint density at radius 2 is 0.940 bits per heavy atom. The molecule has 0 bridgehead atoms. The lowest BCUT2D eigenvalue weighted by Gasteiger charge is -2.45. The average Bonchev–Trinajstić information content (AvgIpc) is 2.98. The number of phosphoric ester groups is 4. The molecule has 298 valence electrons. The molecule has 0 aromatic rings. The van der Waals surface area contributed by atoms with Crippen molar-refractivity contribution in [3.8, 4) is 0 Å². The molecule has 9 N–H and O–H groups in total. The van der Waals surface area contributed by atoms with Crippen molar-refractivity contribution < 1.29 is 94.9 Å². The third-order valence-electron chi connectivity index (χ3n) is 7.69. The van der Waals surface area contributed by atoms with Gasteiger partial charge in [-0.1, -0.05) is 90.9 Å². The fourth-order valence-corrected chi connectivity index (χ4v) is 7.90. The van der Waals surface area contributed by atoms with Crippen LogP contribution in [0.2, 0.25) is 0 Å². The molecule has 8 atom stereocenters. The summed E-state index contributed by atoms with van der Waals surface area (Å²) >= 11 is 0. The molecule has 0 spiro atoms. The predicted octanol–water partition coefficient (Wildman–Crippen LogP) is 3.46. The molecular weight excluding hydrogens is 756 g/mol. The summed E-state index contributed by atoms with van der Waals surface area (Å²) in [6, 6.07) is 0. The number of carbonyl (C=O) groups excluding carboxylic acids is 1. The van der Waals surface area contributed by atoms with E-state index in [2.05, 4.69) is 20.5 Å². The van der Waals surface area contributed by atoms with Crippen molar-refractivity contribution >= 4 is 37.3 Å². The maximum atomic E-state index is 12.8. The largest absolute Gasteiger partial charge is 0.472 e. The Morgan fingerprint density at radius 1 is 0.560 bits per heavy atom. The van der Waals surface area contributed by atoms with Gasteiger partial charge in [-0.25, -0.2) is 18.3 Å². The van der Waals surface area contributed by atoms with Crippen LogP contribution in [0.5, 0.6) is 0 Å². The minimum absolute atomic E-state index is 0.0851. The Kier molecular flexibility index (Phi) is 21.9. The molecule has 1 fully saturated rings. The molecular formula is C26H54O20P4. The van der Waals surface area contributed by atoms with Gasteiger partial charge in [0.25, 0.3) is 0 Å².